The van der Waals surface area contributed by atoms with Crippen LogP contribution >= 0.6 is 0 Å². The molecule has 2 rings (SSSR count). The number of aliphatic hydroxyl groups excluding tert-OH is 1. The first-order valence-corrected chi connectivity index (χ1v) is 6.65. The van der Waals surface area contributed by atoms with E-state index >= 15 is 0 Å². The van der Waals surface area contributed by atoms with Crippen molar-refractivity contribution in [3.8, 4) is 5.88 Å². The van der Waals surface area contributed by atoms with Crippen LogP contribution in [0.5, 0.6) is 5.88 Å². The molecule has 6 heteroatoms. The Hall–Kier alpha value is -1.66. The van der Waals surface area contributed by atoms with E-state index in [9.17, 15) is 9.90 Å². The number of nitrogens with zero attached hydrogens (tertiary/aromatic N) is 3. The lowest BCUT2D eigenvalue weighted by Crippen LogP contribution is -2.41. The summed E-state index contributed by atoms with van der Waals surface area (Å²) in [4.78, 5) is 20.3. The molecule has 0 aromatic carbocycles. The van der Waals surface area contributed by atoms with E-state index in [4.69, 9.17) is 4.74 Å². The highest BCUT2D eigenvalue weighted by molar-refractivity contribution is 5.94. The molecule has 1 aliphatic heterocycles. The summed E-state index contributed by atoms with van der Waals surface area (Å²) in [5.41, 5.74) is 0.517. The maximum absolute atomic E-state index is 12.5. The van der Waals surface area contributed by atoms with E-state index in [1.165, 1.54) is 13.3 Å². The van der Waals surface area contributed by atoms with Gasteiger partial charge < -0.3 is 19.6 Å². The zero-order valence-corrected chi connectivity index (χ0v) is 12.1. The van der Waals surface area contributed by atoms with Crippen LogP contribution in [0.2, 0.25) is 0 Å². The molecule has 1 aromatic heterocycles. The van der Waals surface area contributed by atoms with Gasteiger partial charge in [0.25, 0.3) is 5.91 Å². The molecule has 0 aliphatic carbocycles. The molecule has 2 heterocycles. The lowest BCUT2D eigenvalue weighted by molar-refractivity contribution is 0.0698. The van der Waals surface area contributed by atoms with Gasteiger partial charge in [0.05, 0.1) is 18.8 Å². The summed E-state index contributed by atoms with van der Waals surface area (Å²) in [5.74, 6) is 0.386. The monoisotopic (exact) mass is 279 g/mol. The summed E-state index contributed by atoms with van der Waals surface area (Å²) in [6.45, 7) is 1.12. The SMILES string of the molecule is COc1ccc(C(=O)N2CC(O)CC2CN(C)C)cn1. The van der Waals surface area contributed by atoms with E-state index in [0.29, 0.717) is 24.4 Å². The Balaban J connectivity index is 2.13. The van der Waals surface area contributed by atoms with Gasteiger partial charge >= 0.3 is 0 Å². The van der Waals surface area contributed by atoms with Crippen LogP contribution in [-0.4, -0.2) is 72.2 Å². The van der Waals surface area contributed by atoms with Crippen molar-refractivity contribution in [2.45, 2.75) is 18.6 Å². The Labute approximate surface area is 119 Å². The molecule has 110 valence electrons. The Bertz CT molecular complexity index is 461. The van der Waals surface area contributed by atoms with Crippen LogP contribution in [0.25, 0.3) is 0 Å². The second kappa shape index (κ2) is 6.19. The molecule has 0 saturated carbocycles. The molecular formula is C14H21N3O3. The minimum Gasteiger partial charge on any atom is -0.481 e. The van der Waals surface area contributed by atoms with Gasteiger partial charge in [-0.15, -0.1) is 0 Å². The molecule has 1 fully saturated rings. The zero-order chi connectivity index (χ0) is 14.7. The zero-order valence-electron chi connectivity index (χ0n) is 12.1. The summed E-state index contributed by atoms with van der Waals surface area (Å²) < 4.78 is 4.98. The van der Waals surface area contributed by atoms with Gasteiger partial charge in [-0.1, -0.05) is 0 Å². The van der Waals surface area contributed by atoms with Crippen LogP contribution in [0.1, 0.15) is 16.8 Å². The minimum atomic E-state index is -0.449. The van der Waals surface area contributed by atoms with E-state index in [2.05, 4.69) is 4.98 Å². The second-order valence-electron chi connectivity index (χ2n) is 5.35. The fourth-order valence-corrected chi connectivity index (χ4v) is 2.53. The summed E-state index contributed by atoms with van der Waals surface area (Å²) >= 11 is 0. The quantitative estimate of drug-likeness (QED) is 0.854. The number of carbonyl (C=O) groups excluding carboxylic acids is 1. The molecular weight excluding hydrogens is 258 g/mol. The van der Waals surface area contributed by atoms with Crippen molar-refractivity contribution < 1.29 is 14.6 Å². The number of likely N-dealkylation sites (tertiary alicyclic amines) is 1. The number of β-amino-alcohol motifs (C(OH)–C–C–N with tert-alkyl or cyclic N) is 1. The number of hydrogen-bond acceptors (Lipinski definition) is 5. The Morgan fingerprint density at radius 2 is 2.30 bits per heavy atom. The van der Waals surface area contributed by atoms with Gasteiger partial charge in [-0.2, -0.15) is 0 Å². The molecule has 0 bridgehead atoms. The average Bonchev–Trinajstić information content (AvgIpc) is 2.78. The van der Waals surface area contributed by atoms with E-state index < -0.39 is 6.10 Å². The Kier molecular flexibility index (Phi) is 4.57. The fraction of sp³-hybridized carbons (Fsp3) is 0.571. The van der Waals surface area contributed by atoms with Crippen molar-refractivity contribution in [1.82, 2.24) is 14.8 Å². The number of aromatic nitrogens is 1. The standard InChI is InChI=1S/C14H21N3O3/c1-16(2)8-11-6-12(18)9-17(11)14(19)10-4-5-13(20-3)15-7-10/h4-5,7,11-12,18H,6,8-9H2,1-3H3. The van der Waals surface area contributed by atoms with Gasteiger partial charge in [0.1, 0.15) is 0 Å². The van der Waals surface area contributed by atoms with Crippen LogP contribution < -0.4 is 4.74 Å². The second-order valence-corrected chi connectivity index (χ2v) is 5.35. The van der Waals surface area contributed by atoms with Crippen molar-refractivity contribution in [2.75, 3.05) is 34.3 Å². The number of pyridine rings is 1. The molecule has 1 saturated heterocycles. The van der Waals surface area contributed by atoms with Crippen LogP contribution in [0, 0.1) is 0 Å². The van der Waals surface area contributed by atoms with E-state index in [-0.39, 0.29) is 11.9 Å². The Morgan fingerprint density at radius 3 is 2.85 bits per heavy atom. The van der Waals surface area contributed by atoms with Gasteiger partial charge in [-0.25, -0.2) is 4.98 Å². The summed E-state index contributed by atoms with van der Waals surface area (Å²) in [7, 11) is 5.46. The van der Waals surface area contributed by atoms with Gasteiger partial charge in [0, 0.05) is 31.4 Å². The van der Waals surface area contributed by atoms with Crippen molar-refractivity contribution in [3.05, 3.63) is 23.9 Å². The number of ether oxygens (including phenoxy) is 1. The normalized spacial score (nSPS) is 22.4. The first-order chi connectivity index (χ1) is 9.51. The van der Waals surface area contributed by atoms with E-state index in [1.807, 2.05) is 19.0 Å². The molecule has 20 heavy (non-hydrogen) atoms. The highest BCUT2D eigenvalue weighted by atomic mass is 16.5. The van der Waals surface area contributed by atoms with Crippen molar-refractivity contribution in [3.63, 3.8) is 0 Å². The van der Waals surface area contributed by atoms with Gasteiger partial charge in [-0.3, -0.25) is 4.79 Å². The first-order valence-electron chi connectivity index (χ1n) is 6.65. The highest BCUT2D eigenvalue weighted by Gasteiger charge is 2.34. The molecule has 6 nitrogen and oxygen atoms in total. The van der Waals surface area contributed by atoms with Gasteiger partial charge in [-0.05, 0) is 26.6 Å². The summed E-state index contributed by atoms with van der Waals surface area (Å²) in [6.07, 6.45) is 1.68. The lowest BCUT2D eigenvalue weighted by atomic mass is 10.1. The number of aliphatic hydroxyl groups is 1. The van der Waals surface area contributed by atoms with Gasteiger partial charge in [0.15, 0.2) is 0 Å². The highest BCUT2D eigenvalue weighted by Crippen LogP contribution is 2.21. The van der Waals surface area contributed by atoms with Gasteiger partial charge in [0.2, 0.25) is 5.88 Å². The van der Waals surface area contributed by atoms with Crippen molar-refractivity contribution in [1.29, 1.82) is 0 Å². The number of amides is 1. The predicted molar refractivity (Wildman–Crippen MR) is 74.8 cm³/mol. The van der Waals surface area contributed by atoms with Crippen LogP contribution in [0.15, 0.2) is 18.3 Å². The number of hydrogen-bond donors (Lipinski definition) is 1. The lowest BCUT2D eigenvalue weighted by Gasteiger charge is -2.26. The predicted octanol–water partition coefficient (Wildman–Crippen LogP) is 0.227. The minimum absolute atomic E-state index is 0.0367. The van der Waals surface area contributed by atoms with Crippen molar-refractivity contribution >= 4 is 5.91 Å². The maximum atomic E-state index is 12.5. The fourth-order valence-electron chi connectivity index (χ4n) is 2.53. The van der Waals surface area contributed by atoms with Crippen molar-refractivity contribution in [2.24, 2.45) is 0 Å². The largest absolute Gasteiger partial charge is 0.481 e. The molecule has 2 unspecified atom stereocenters. The first kappa shape index (κ1) is 14.7. The molecule has 0 spiro atoms. The summed E-state index contributed by atoms with van der Waals surface area (Å²) in [6, 6.07) is 3.40. The number of likely N-dealkylation sites (N-methyl/N-ethyl adjacent to an activating group) is 1. The number of carbonyl (C=O) groups is 1. The van der Waals surface area contributed by atoms with Crippen LogP contribution in [-0.2, 0) is 0 Å². The third-order valence-electron chi connectivity index (χ3n) is 3.42. The maximum Gasteiger partial charge on any atom is 0.255 e. The smallest absolute Gasteiger partial charge is 0.255 e. The Morgan fingerprint density at radius 1 is 1.55 bits per heavy atom. The molecule has 1 aliphatic rings. The molecule has 0 radical (unpaired) electrons. The molecule has 1 N–H and O–H groups in total. The summed E-state index contributed by atoms with van der Waals surface area (Å²) in [5, 5.41) is 9.81. The topological polar surface area (TPSA) is 65.9 Å². The number of methoxy groups -OCH3 is 1. The molecule has 1 aromatic rings. The third-order valence-corrected chi connectivity index (χ3v) is 3.42. The molecule has 2 atom stereocenters. The number of rotatable bonds is 4. The van der Waals surface area contributed by atoms with E-state index in [1.54, 1.807) is 17.0 Å². The average molecular weight is 279 g/mol. The third kappa shape index (κ3) is 3.26. The van der Waals surface area contributed by atoms with E-state index in [0.717, 1.165) is 6.54 Å². The van der Waals surface area contributed by atoms with Crippen LogP contribution in [0.4, 0.5) is 0 Å². The van der Waals surface area contributed by atoms with Crippen LogP contribution in [0.3, 0.4) is 0 Å². The molecule has 1 amide bonds.